The van der Waals surface area contributed by atoms with Crippen LogP contribution in [0.15, 0.2) is 22.7 Å². The van der Waals surface area contributed by atoms with Gasteiger partial charge in [0.05, 0.1) is 5.56 Å². The van der Waals surface area contributed by atoms with E-state index in [2.05, 4.69) is 21.2 Å². The van der Waals surface area contributed by atoms with Crippen molar-refractivity contribution in [2.45, 2.75) is 19.3 Å². The molecule has 0 saturated carbocycles. The van der Waals surface area contributed by atoms with Gasteiger partial charge in [0.2, 0.25) is 0 Å². The fraction of sp³-hybridized carbons (Fsp3) is 0.533. The summed E-state index contributed by atoms with van der Waals surface area (Å²) in [5.41, 5.74) is 0.160. The molecule has 1 aliphatic rings. The molecule has 1 aromatic rings. The molecule has 118 valence electrons. The second-order valence-electron chi connectivity index (χ2n) is 5.25. The number of carbonyl (C=O) groups excluding carboxylic acids is 1. The third-order valence-electron chi connectivity index (χ3n) is 3.86. The fourth-order valence-corrected chi connectivity index (χ4v) is 2.97. The summed E-state index contributed by atoms with van der Waals surface area (Å²) in [5, 5.41) is 3.15. The van der Waals surface area contributed by atoms with E-state index in [0.29, 0.717) is 5.92 Å². The van der Waals surface area contributed by atoms with Crippen LogP contribution in [0, 0.1) is 11.7 Å². The summed E-state index contributed by atoms with van der Waals surface area (Å²) in [6, 6.07) is 4.50. The van der Waals surface area contributed by atoms with Crippen molar-refractivity contribution in [2.24, 2.45) is 5.92 Å². The first kappa shape index (κ1) is 18.4. The molecule has 3 nitrogen and oxygen atoms in total. The lowest BCUT2D eigenvalue weighted by Gasteiger charge is -2.32. The second kappa shape index (κ2) is 8.71. The molecule has 0 unspecified atom stereocenters. The van der Waals surface area contributed by atoms with E-state index in [1.54, 1.807) is 17.0 Å². The number of amides is 1. The smallest absolute Gasteiger partial charge is 0.256 e. The summed E-state index contributed by atoms with van der Waals surface area (Å²) in [6.45, 7) is 2.46. The minimum atomic E-state index is -0.449. The number of likely N-dealkylation sites (tertiary alicyclic amines) is 1. The summed E-state index contributed by atoms with van der Waals surface area (Å²) < 4.78 is 14.5. The average Bonchev–Trinajstić information content (AvgIpc) is 2.47. The SMILES string of the molecule is CNCCC1CCN(C(=O)c2cc(Br)ccc2F)CC1.Cl. The maximum Gasteiger partial charge on any atom is 0.256 e. The van der Waals surface area contributed by atoms with Crippen molar-refractivity contribution in [2.75, 3.05) is 26.7 Å². The summed E-state index contributed by atoms with van der Waals surface area (Å²) in [7, 11) is 1.95. The first-order valence-electron chi connectivity index (χ1n) is 7.00. The van der Waals surface area contributed by atoms with E-state index in [4.69, 9.17) is 0 Å². The molecule has 21 heavy (non-hydrogen) atoms. The van der Waals surface area contributed by atoms with Crippen molar-refractivity contribution in [1.82, 2.24) is 10.2 Å². The van der Waals surface area contributed by atoms with Gasteiger partial charge in [0.15, 0.2) is 0 Å². The van der Waals surface area contributed by atoms with Gasteiger partial charge < -0.3 is 10.2 Å². The topological polar surface area (TPSA) is 32.3 Å². The predicted molar refractivity (Wildman–Crippen MR) is 88.5 cm³/mol. The number of hydrogen-bond donors (Lipinski definition) is 1. The molecule has 1 fully saturated rings. The highest BCUT2D eigenvalue weighted by atomic mass is 79.9. The van der Waals surface area contributed by atoms with Crippen molar-refractivity contribution < 1.29 is 9.18 Å². The van der Waals surface area contributed by atoms with Gasteiger partial charge in [0, 0.05) is 17.6 Å². The van der Waals surface area contributed by atoms with E-state index >= 15 is 0 Å². The van der Waals surface area contributed by atoms with Gasteiger partial charge in [-0.25, -0.2) is 4.39 Å². The Morgan fingerprint density at radius 3 is 2.71 bits per heavy atom. The van der Waals surface area contributed by atoms with E-state index in [1.165, 1.54) is 6.07 Å². The van der Waals surface area contributed by atoms with Crippen LogP contribution in [0.25, 0.3) is 0 Å². The lowest BCUT2D eigenvalue weighted by Crippen LogP contribution is -2.39. The lowest BCUT2D eigenvalue weighted by atomic mass is 9.93. The predicted octanol–water partition coefficient (Wildman–Crippen LogP) is 3.47. The van der Waals surface area contributed by atoms with Crippen molar-refractivity contribution in [3.8, 4) is 0 Å². The van der Waals surface area contributed by atoms with Crippen LogP contribution < -0.4 is 5.32 Å². The molecular weight excluding hydrogens is 359 g/mol. The van der Waals surface area contributed by atoms with Crippen LogP contribution in [0.4, 0.5) is 4.39 Å². The molecule has 0 bridgehead atoms. The summed E-state index contributed by atoms with van der Waals surface area (Å²) in [4.78, 5) is 14.1. The van der Waals surface area contributed by atoms with Crippen LogP contribution in [-0.2, 0) is 0 Å². The highest BCUT2D eigenvalue weighted by molar-refractivity contribution is 9.10. The number of benzene rings is 1. The van der Waals surface area contributed by atoms with Gasteiger partial charge in [0.25, 0.3) is 5.91 Å². The van der Waals surface area contributed by atoms with E-state index in [-0.39, 0.29) is 23.9 Å². The number of halogens is 3. The standard InChI is InChI=1S/C15H20BrFN2O.ClH/c1-18-7-4-11-5-8-19(9-6-11)15(20)13-10-12(16)2-3-14(13)17;/h2-3,10-11,18H,4-9H2,1H3;1H. The van der Waals surface area contributed by atoms with Crippen molar-refractivity contribution in [1.29, 1.82) is 0 Å². The normalized spacial score (nSPS) is 15.7. The highest BCUT2D eigenvalue weighted by Gasteiger charge is 2.25. The molecule has 0 aliphatic carbocycles. The van der Waals surface area contributed by atoms with E-state index in [0.717, 1.165) is 43.4 Å². The van der Waals surface area contributed by atoms with E-state index < -0.39 is 5.82 Å². The molecule has 1 heterocycles. The first-order chi connectivity index (χ1) is 9.61. The van der Waals surface area contributed by atoms with Gasteiger partial charge in [-0.15, -0.1) is 12.4 Å². The monoisotopic (exact) mass is 378 g/mol. The van der Waals surface area contributed by atoms with Gasteiger partial charge in [-0.3, -0.25) is 4.79 Å². The quantitative estimate of drug-likeness (QED) is 0.869. The zero-order valence-electron chi connectivity index (χ0n) is 12.1. The molecule has 0 spiro atoms. The maximum absolute atomic E-state index is 13.7. The summed E-state index contributed by atoms with van der Waals surface area (Å²) >= 11 is 3.28. The van der Waals surface area contributed by atoms with Crippen LogP contribution in [0.3, 0.4) is 0 Å². The fourth-order valence-electron chi connectivity index (χ4n) is 2.60. The molecule has 0 atom stereocenters. The molecule has 1 saturated heterocycles. The number of nitrogens with zero attached hydrogens (tertiary/aromatic N) is 1. The summed E-state index contributed by atoms with van der Waals surface area (Å²) in [6.07, 6.45) is 3.15. The number of piperidine rings is 1. The Morgan fingerprint density at radius 2 is 2.10 bits per heavy atom. The number of rotatable bonds is 4. The van der Waals surface area contributed by atoms with Crippen molar-refractivity contribution >= 4 is 34.2 Å². The molecule has 1 aliphatic heterocycles. The van der Waals surface area contributed by atoms with Crippen LogP contribution in [-0.4, -0.2) is 37.5 Å². The molecular formula is C15H21BrClFN2O. The molecule has 1 N–H and O–H groups in total. The third-order valence-corrected chi connectivity index (χ3v) is 4.36. The molecule has 1 aromatic carbocycles. The Hall–Kier alpha value is -0.650. The van der Waals surface area contributed by atoms with Gasteiger partial charge in [-0.1, -0.05) is 15.9 Å². The zero-order chi connectivity index (χ0) is 14.5. The second-order valence-corrected chi connectivity index (χ2v) is 6.17. The Labute approximate surface area is 139 Å². The number of hydrogen-bond acceptors (Lipinski definition) is 2. The Kier molecular flexibility index (Phi) is 7.63. The Balaban J connectivity index is 0.00000220. The van der Waals surface area contributed by atoms with E-state index in [1.807, 2.05) is 7.05 Å². The van der Waals surface area contributed by atoms with Crippen LogP contribution in [0.1, 0.15) is 29.6 Å². The molecule has 2 rings (SSSR count). The van der Waals surface area contributed by atoms with Crippen molar-refractivity contribution in [3.63, 3.8) is 0 Å². The lowest BCUT2D eigenvalue weighted by molar-refractivity contribution is 0.0682. The zero-order valence-corrected chi connectivity index (χ0v) is 14.5. The molecule has 0 radical (unpaired) electrons. The first-order valence-corrected chi connectivity index (χ1v) is 7.80. The van der Waals surface area contributed by atoms with Crippen LogP contribution in [0.2, 0.25) is 0 Å². The van der Waals surface area contributed by atoms with Gasteiger partial charge in [-0.05, 0) is 57.0 Å². The summed E-state index contributed by atoms with van der Waals surface area (Å²) in [5.74, 6) is 0.0187. The maximum atomic E-state index is 13.7. The van der Waals surface area contributed by atoms with Gasteiger partial charge in [0.1, 0.15) is 5.82 Å². The molecule has 0 aromatic heterocycles. The number of nitrogens with one attached hydrogen (secondary N) is 1. The van der Waals surface area contributed by atoms with Crippen LogP contribution in [0.5, 0.6) is 0 Å². The van der Waals surface area contributed by atoms with Gasteiger partial charge >= 0.3 is 0 Å². The average molecular weight is 380 g/mol. The Morgan fingerprint density at radius 1 is 1.43 bits per heavy atom. The molecule has 6 heteroatoms. The minimum Gasteiger partial charge on any atom is -0.339 e. The largest absolute Gasteiger partial charge is 0.339 e. The third kappa shape index (κ3) is 4.94. The highest BCUT2D eigenvalue weighted by Crippen LogP contribution is 2.23. The van der Waals surface area contributed by atoms with E-state index in [9.17, 15) is 9.18 Å². The molecule has 1 amide bonds. The minimum absolute atomic E-state index is 0. The van der Waals surface area contributed by atoms with Crippen molar-refractivity contribution in [3.05, 3.63) is 34.1 Å². The number of carbonyl (C=O) groups is 1. The van der Waals surface area contributed by atoms with Crippen LogP contribution >= 0.6 is 28.3 Å². The van der Waals surface area contributed by atoms with Gasteiger partial charge in [-0.2, -0.15) is 0 Å². The Bertz CT molecular complexity index is 479.